The van der Waals surface area contributed by atoms with E-state index in [1.807, 2.05) is 0 Å². The first-order chi connectivity index (χ1) is 6.00. The highest BCUT2D eigenvalue weighted by Crippen LogP contribution is 2.20. The van der Waals surface area contributed by atoms with Crippen molar-refractivity contribution in [2.75, 3.05) is 11.9 Å². The lowest BCUT2D eigenvalue weighted by Gasteiger charge is -2.13. The maximum absolute atomic E-state index is 11.8. The Morgan fingerprint density at radius 3 is 2.77 bits per heavy atom. The molecule has 0 aliphatic carbocycles. The van der Waals surface area contributed by atoms with E-state index in [0.717, 1.165) is 11.5 Å². The van der Waals surface area contributed by atoms with E-state index in [1.54, 1.807) is 0 Å². The zero-order chi connectivity index (χ0) is 9.90. The van der Waals surface area contributed by atoms with Crippen molar-refractivity contribution in [1.29, 1.82) is 0 Å². The lowest BCUT2D eigenvalue weighted by atomic mass is 10.3. The van der Waals surface area contributed by atoms with Gasteiger partial charge in [-0.15, -0.1) is 0 Å². The van der Waals surface area contributed by atoms with Crippen LogP contribution in [0.5, 0.6) is 0 Å². The summed E-state index contributed by atoms with van der Waals surface area (Å²) >= 11 is 0.925. The molecular formula is C5H6F3N3OS. The smallest absolute Gasteiger partial charge is 0.382 e. The van der Waals surface area contributed by atoms with E-state index in [4.69, 9.17) is 5.11 Å². The molecule has 0 aliphatic heterocycles. The molecule has 0 saturated carbocycles. The number of hydrogen-bond donors (Lipinski definition) is 2. The van der Waals surface area contributed by atoms with E-state index in [2.05, 4.69) is 14.7 Å². The highest BCUT2D eigenvalue weighted by atomic mass is 32.1. The zero-order valence-electron chi connectivity index (χ0n) is 6.25. The molecule has 0 bridgehead atoms. The van der Waals surface area contributed by atoms with Crippen LogP contribution in [0, 0.1) is 0 Å². The van der Waals surface area contributed by atoms with E-state index in [0.29, 0.717) is 0 Å². The van der Waals surface area contributed by atoms with Gasteiger partial charge >= 0.3 is 6.18 Å². The van der Waals surface area contributed by atoms with Crippen molar-refractivity contribution in [3.8, 4) is 0 Å². The Morgan fingerprint density at radius 2 is 2.31 bits per heavy atom. The molecule has 0 saturated heterocycles. The van der Waals surface area contributed by atoms with E-state index < -0.39 is 18.8 Å². The molecular weight excluding hydrogens is 207 g/mol. The molecule has 8 heteroatoms. The average Bonchev–Trinajstić information content (AvgIpc) is 2.50. The Balaban J connectivity index is 2.35. The average molecular weight is 213 g/mol. The molecule has 0 aromatic carbocycles. The first-order valence-corrected chi connectivity index (χ1v) is 4.03. The Hall–Kier alpha value is -0.890. The Bertz CT molecular complexity index is 250. The Kier molecular flexibility index (Phi) is 3.04. The molecule has 0 aliphatic rings. The van der Waals surface area contributed by atoms with Crippen LogP contribution >= 0.6 is 11.5 Å². The topological polar surface area (TPSA) is 58.0 Å². The third kappa shape index (κ3) is 3.15. The van der Waals surface area contributed by atoms with Crippen LogP contribution in [0.1, 0.15) is 0 Å². The summed E-state index contributed by atoms with van der Waals surface area (Å²) in [5.74, 6) is 0. The normalized spacial score (nSPS) is 14.2. The van der Waals surface area contributed by atoms with Crippen LogP contribution in [0.3, 0.4) is 0 Å². The van der Waals surface area contributed by atoms with Gasteiger partial charge in [0.2, 0.25) is 5.13 Å². The van der Waals surface area contributed by atoms with Gasteiger partial charge in [-0.1, -0.05) is 0 Å². The summed E-state index contributed by atoms with van der Waals surface area (Å²) < 4.78 is 38.8. The molecule has 13 heavy (non-hydrogen) atoms. The molecule has 0 amide bonds. The van der Waals surface area contributed by atoms with Crippen LogP contribution in [0.4, 0.5) is 18.3 Å². The number of anilines is 1. The van der Waals surface area contributed by atoms with Crippen LogP contribution in [0.15, 0.2) is 6.33 Å². The Morgan fingerprint density at radius 1 is 1.62 bits per heavy atom. The van der Waals surface area contributed by atoms with Gasteiger partial charge in [-0.3, -0.25) is 0 Å². The summed E-state index contributed by atoms with van der Waals surface area (Å²) in [6.45, 7) is -0.612. The lowest BCUT2D eigenvalue weighted by molar-refractivity contribution is -0.198. The van der Waals surface area contributed by atoms with Gasteiger partial charge in [0, 0.05) is 11.5 Å². The van der Waals surface area contributed by atoms with Gasteiger partial charge in [0.15, 0.2) is 6.10 Å². The minimum atomic E-state index is -4.60. The fraction of sp³-hybridized carbons (Fsp3) is 0.600. The van der Waals surface area contributed by atoms with Crippen LogP contribution in [0.25, 0.3) is 0 Å². The van der Waals surface area contributed by atoms with Crippen molar-refractivity contribution in [2.24, 2.45) is 0 Å². The van der Waals surface area contributed by atoms with Crippen LogP contribution in [-0.4, -0.2) is 33.3 Å². The highest BCUT2D eigenvalue weighted by Gasteiger charge is 2.37. The number of nitrogens with zero attached hydrogens (tertiary/aromatic N) is 2. The van der Waals surface area contributed by atoms with E-state index in [9.17, 15) is 13.2 Å². The highest BCUT2D eigenvalue weighted by molar-refractivity contribution is 7.09. The molecule has 2 N–H and O–H groups in total. The third-order valence-corrected chi connectivity index (χ3v) is 1.81. The van der Waals surface area contributed by atoms with E-state index >= 15 is 0 Å². The van der Waals surface area contributed by atoms with Gasteiger partial charge in [0.1, 0.15) is 6.33 Å². The van der Waals surface area contributed by atoms with Gasteiger partial charge in [0.05, 0.1) is 6.54 Å². The fourth-order valence-corrected chi connectivity index (χ4v) is 0.987. The monoisotopic (exact) mass is 213 g/mol. The zero-order valence-corrected chi connectivity index (χ0v) is 7.06. The minimum absolute atomic E-state index is 0.253. The first kappa shape index (κ1) is 10.2. The number of halogens is 3. The van der Waals surface area contributed by atoms with Gasteiger partial charge in [-0.25, -0.2) is 4.98 Å². The Labute approximate surface area is 75.6 Å². The van der Waals surface area contributed by atoms with Crippen molar-refractivity contribution >= 4 is 16.7 Å². The second kappa shape index (κ2) is 3.88. The van der Waals surface area contributed by atoms with Gasteiger partial charge in [-0.2, -0.15) is 17.5 Å². The van der Waals surface area contributed by atoms with E-state index in [-0.39, 0.29) is 5.13 Å². The molecule has 1 rings (SSSR count). The maximum Gasteiger partial charge on any atom is 0.416 e. The lowest BCUT2D eigenvalue weighted by Crippen LogP contribution is -2.34. The van der Waals surface area contributed by atoms with E-state index in [1.165, 1.54) is 6.33 Å². The number of alkyl halides is 3. The minimum Gasteiger partial charge on any atom is -0.382 e. The summed E-state index contributed by atoms with van der Waals surface area (Å²) in [4.78, 5) is 3.59. The summed E-state index contributed by atoms with van der Waals surface area (Å²) in [5, 5.41) is 11.1. The van der Waals surface area contributed by atoms with Gasteiger partial charge < -0.3 is 10.4 Å². The molecule has 0 radical (unpaired) electrons. The second-order valence-corrected chi connectivity index (χ2v) is 2.96. The second-order valence-electron chi connectivity index (χ2n) is 2.18. The van der Waals surface area contributed by atoms with Crippen molar-refractivity contribution in [1.82, 2.24) is 9.36 Å². The van der Waals surface area contributed by atoms with Gasteiger partial charge in [0.25, 0.3) is 0 Å². The molecule has 1 heterocycles. The summed E-state index contributed by atoms with van der Waals surface area (Å²) in [7, 11) is 0. The number of aromatic nitrogens is 2. The summed E-state index contributed by atoms with van der Waals surface area (Å²) in [6, 6.07) is 0. The molecule has 0 spiro atoms. The van der Waals surface area contributed by atoms with Crippen molar-refractivity contribution in [2.45, 2.75) is 12.3 Å². The first-order valence-electron chi connectivity index (χ1n) is 3.25. The van der Waals surface area contributed by atoms with Crippen molar-refractivity contribution in [3.05, 3.63) is 6.33 Å². The predicted molar refractivity (Wildman–Crippen MR) is 40.5 cm³/mol. The number of hydrogen-bond acceptors (Lipinski definition) is 5. The molecule has 1 aromatic rings. The number of aliphatic hydroxyl groups is 1. The molecule has 1 atom stereocenters. The molecule has 1 aromatic heterocycles. The fourth-order valence-electron chi connectivity index (χ4n) is 0.551. The predicted octanol–water partition coefficient (Wildman–Crippen LogP) is 0.873. The quantitative estimate of drug-likeness (QED) is 0.782. The maximum atomic E-state index is 11.8. The van der Waals surface area contributed by atoms with Crippen molar-refractivity contribution in [3.63, 3.8) is 0 Å². The standard InChI is InChI=1S/C5H6F3N3OS/c6-5(7,8)3(12)1-9-4-10-2-11-13-4/h2-3,12H,1H2,(H,9,10,11). The molecule has 4 nitrogen and oxygen atoms in total. The number of rotatable bonds is 3. The summed E-state index contributed by atoms with van der Waals surface area (Å²) in [5.41, 5.74) is 0. The van der Waals surface area contributed by atoms with Crippen LogP contribution in [0.2, 0.25) is 0 Å². The number of nitrogens with one attached hydrogen (secondary N) is 1. The van der Waals surface area contributed by atoms with Gasteiger partial charge in [-0.05, 0) is 0 Å². The third-order valence-electron chi connectivity index (χ3n) is 1.19. The van der Waals surface area contributed by atoms with Crippen LogP contribution < -0.4 is 5.32 Å². The largest absolute Gasteiger partial charge is 0.416 e. The molecule has 1 unspecified atom stereocenters. The molecule has 0 fully saturated rings. The van der Waals surface area contributed by atoms with Crippen LogP contribution in [-0.2, 0) is 0 Å². The van der Waals surface area contributed by atoms with Crippen molar-refractivity contribution < 1.29 is 18.3 Å². The molecule has 74 valence electrons. The SMILES string of the molecule is OC(CNc1ncns1)C(F)(F)F. The number of aliphatic hydroxyl groups excluding tert-OH is 1. The summed E-state index contributed by atoms with van der Waals surface area (Å²) in [6.07, 6.45) is -5.76.